The van der Waals surface area contributed by atoms with Gasteiger partial charge in [-0.05, 0) is 0 Å². The predicted octanol–water partition coefficient (Wildman–Crippen LogP) is -0.728. The molecule has 2 rings (SSSR count). The zero-order valence-electron chi connectivity index (χ0n) is 9.74. The van der Waals surface area contributed by atoms with E-state index in [-0.39, 0.29) is 17.0 Å². The molecule has 4 N–H and O–H groups in total. The Labute approximate surface area is 116 Å². The van der Waals surface area contributed by atoms with Crippen LogP contribution in [0.1, 0.15) is 6.23 Å². The Morgan fingerprint density at radius 2 is 2.15 bits per heavy atom. The van der Waals surface area contributed by atoms with E-state index in [0.29, 0.717) is 6.20 Å². The molecule has 0 aromatic carbocycles. The number of aromatic nitrogens is 2. The van der Waals surface area contributed by atoms with Crippen LogP contribution in [0.15, 0.2) is 11.0 Å². The van der Waals surface area contributed by atoms with Crippen molar-refractivity contribution < 1.29 is 28.1 Å². The summed E-state index contributed by atoms with van der Waals surface area (Å²) in [5, 5.41) is 18.1. The van der Waals surface area contributed by atoms with E-state index in [2.05, 4.69) is 9.72 Å². The number of hydrogen-bond acceptors (Lipinski definition) is 6. The van der Waals surface area contributed by atoms with Crippen LogP contribution in [0.25, 0.3) is 0 Å². The minimum absolute atomic E-state index is 0. The number of hydrogen-bond donors (Lipinski definition) is 3. The van der Waals surface area contributed by atoms with Gasteiger partial charge in [0.25, 0.3) is 0 Å². The normalized spacial score (nSPS) is 28.1. The number of alkyl halides is 2. The molecule has 1 aliphatic rings. The summed E-state index contributed by atoms with van der Waals surface area (Å²) in [7, 11) is 0. The Kier molecular flexibility index (Phi) is 4.64. The van der Waals surface area contributed by atoms with Gasteiger partial charge in [0.05, 0.1) is 12.8 Å². The van der Waals surface area contributed by atoms with Gasteiger partial charge in [-0.25, -0.2) is 9.18 Å². The van der Waals surface area contributed by atoms with Crippen LogP contribution in [0.5, 0.6) is 0 Å². The lowest BCUT2D eigenvalue weighted by Gasteiger charge is -2.21. The average Bonchev–Trinajstić information content (AvgIpc) is 2.56. The molecule has 0 saturated carbocycles. The van der Waals surface area contributed by atoms with Gasteiger partial charge in [-0.2, -0.15) is 13.8 Å². The Balaban J connectivity index is 0.00000200. The van der Waals surface area contributed by atoms with Gasteiger partial charge in [0.1, 0.15) is 6.10 Å². The monoisotopic (exact) mass is 317 g/mol. The van der Waals surface area contributed by atoms with Crippen molar-refractivity contribution in [2.75, 3.05) is 12.3 Å². The van der Waals surface area contributed by atoms with Crippen molar-refractivity contribution in [3.05, 3.63) is 22.5 Å². The second-order valence-electron chi connectivity index (χ2n) is 3.99. The fraction of sp³-hybridized carbons (Fsp3) is 0.556. The summed E-state index contributed by atoms with van der Waals surface area (Å²) in [4.78, 5) is 14.4. The second kappa shape index (κ2) is 5.56. The summed E-state index contributed by atoms with van der Waals surface area (Å²) in [5.74, 6) is -5.80. The number of halogens is 4. The van der Waals surface area contributed by atoms with E-state index < -0.39 is 48.3 Å². The summed E-state index contributed by atoms with van der Waals surface area (Å²) >= 11 is 0. The highest BCUT2D eigenvalue weighted by Gasteiger charge is 2.59. The highest BCUT2D eigenvalue weighted by molar-refractivity contribution is 5.85. The zero-order valence-corrected chi connectivity index (χ0v) is 10.6. The first-order valence-electron chi connectivity index (χ1n) is 5.15. The van der Waals surface area contributed by atoms with Crippen LogP contribution >= 0.6 is 12.4 Å². The molecule has 0 unspecified atom stereocenters. The van der Waals surface area contributed by atoms with E-state index in [1.807, 2.05) is 0 Å². The molecule has 3 atom stereocenters. The maximum atomic E-state index is 13.7. The molecule has 114 valence electrons. The molecule has 0 radical (unpaired) electrons. The third kappa shape index (κ3) is 2.46. The number of anilines is 1. The van der Waals surface area contributed by atoms with Crippen LogP contribution in [-0.2, 0) is 4.74 Å². The number of nitrogens with zero attached hydrogens (tertiary/aromatic N) is 2. The average molecular weight is 318 g/mol. The number of nitrogen functional groups attached to an aromatic ring is 1. The fourth-order valence-electron chi connectivity index (χ4n) is 1.74. The van der Waals surface area contributed by atoms with Gasteiger partial charge >= 0.3 is 11.6 Å². The molecular weight excluding hydrogens is 307 g/mol. The van der Waals surface area contributed by atoms with Crippen molar-refractivity contribution in [2.45, 2.75) is 24.4 Å². The van der Waals surface area contributed by atoms with E-state index in [0.717, 1.165) is 0 Å². The van der Waals surface area contributed by atoms with Gasteiger partial charge in [0.15, 0.2) is 17.7 Å². The molecule has 1 saturated heterocycles. The highest BCUT2D eigenvalue weighted by atomic mass is 35.5. The molecule has 11 heteroatoms. The minimum Gasteiger partial charge on any atom is -0.394 e. The molecule has 0 bridgehead atoms. The molecule has 20 heavy (non-hydrogen) atoms. The van der Waals surface area contributed by atoms with E-state index in [9.17, 15) is 23.1 Å². The SMILES string of the molecule is Cl.Nc1nc(=O)n([C@@H]2O[C@H](CO)[C@@H](O)C2(F)F)cc1F. The Morgan fingerprint density at radius 3 is 2.65 bits per heavy atom. The van der Waals surface area contributed by atoms with Gasteiger partial charge in [-0.15, -0.1) is 12.4 Å². The predicted molar refractivity (Wildman–Crippen MR) is 62.1 cm³/mol. The first-order chi connectivity index (χ1) is 8.78. The first kappa shape index (κ1) is 16.7. The highest BCUT2D eigenvalue weighted by Crippen LogP contribution is 2.42. The van der Waals surface area contributed by atoms with Crippen molar-refractivity contribution in [2.24, 2.45) is 0 Å². The number of nitrogens with two attached hydrogens (primary N) is 1. The van der Waals surface area contributed by atoms with Crippen LogP contribution in [0.4, 0.5) is 19.0 Å². The molecule has 7 nitrogen and oxygen atoms in total. The molecule has 0 aliphatic carbocycles. The molecule has 1 aromatic heterocycles. The van der Waals surface area contributed by atoms with E-state index in [1.54, 1.807) is 0 Å². The van der Waals surface area contributed by atoms with Crippen LogP contribution in [0.2, 0.25) is 0 Å². The topological polar surface area (TPSA) is 111 Å². The lowest BCUT2D eigenvalue weighted by molar-refractivity contribution is -0.141. The fourth-order valence-corrected chi connectivity index (χ4v) is 1.74. The standard InChI is InChI=1S/C9H10F3N3O4.ClH/c10-3-1-15(8(18)14-6(3)13)7-9(11,12)5(17)4(2-16)19-7;/h1,4-5,7,16-17H,2H2,(H2,13,14,18);1H/t4-,5-,7-;/m1./s1. The Morgan fingerprint density at radius 1 is 1.55 bits per heavy atom. The number of aliphatic hydroxyl groups is 2. The van der Waals surface area contributed by atoms with Crippen LogP contribution < -0.4 is 11.4 Å². The Hall–Kier alpha value is -1.36. The van der Waals surface area contributed by atoms with Gasteiger partial charge in [0, 0.05) is 0 Å². The van der Waals surface area contributed by atoms with Gasteiger partial charge < -0.3 is 20.7 Å². The van der Waals surface area contributed by atoms with Crippen LogP contribution in [-0.4, -0.2) is 44.5 Å². The van der Waals surface area contributed by atoms with Crippen LogP contribution in [0.3, 0.4) is 0 Å². The van der Waals surface area contributed by atoms with Gasteiger partial charge in [0.2, 0.25) is 6.23 Å². The van der Waals surface area contributed by atoms with Gasteiger partial charge in [-0.3, -0.25) is 4.57 Å². The summed E-state index contributed by atoms with van der Waals surface area (Å²) in [6.07, 6.45) is -5.77. The van der Waals surface area contributed by atoms with Crippen molar-refractivity contribution in [1.29, 1.82) is 0 Å². The van der Waals surface area contributed by atoms with Crippen molar-refractivity contribution >= 4 is 18.2 Å². The number of ether oxygens (including phenoxy) is 1. The maximum Gasteiger partial charge on any atom is 0.352 e. The van der Waals surface area contributed by atoms with Crippen molar-refractivity contribution in [3.8, 4) is 0 Å². The smallest absolute Gasteiger partial charge is 0.352 e. The third-order valence-corrected chi connectivity index (χ3v) is 2.75. The second-order valence-corrected chi connectivity index (χ2v) is 3.99. The van der Waals surface area contributed by atoms with Crippen LogP contribution in [0, 0.1) is 5.82 Å². The molecule has 1 fully saturated rings. The zero-order chi connectivity index (χ0) is 14.4. The summed E-state index contributed by atoms with van der Waals surface area (Å²) in [6.45, 7) is -0.882. The lowest BCUT2D eigenvalue weighted by Crippen LogP contribution is -2.42. The van der Waals surface area contributed by atoms with Crippen molar-refractivity contribution in [1.82, 2.24) is 9.55 Å². The molecule has 0 spiro atoms. The summed E-state index contributed by atoms with van der Waals surface area (Å²) < 4.78 is 45.5. The molecular formula is C9H11ClF3N3O4. The largest absolute Gasteiger partial charge is 0.394 e. The van der Waals surface area contributed by atoms with E-state index in [1.165, 1.54) is 0 Å². The van der Waals surface area contributed by atoms with E-state index >= 15 is 0 Å². The molecule has 1 aliphatic heterocycles. The van der Waals surface area contributed by atoms with Gasteiger partial charge in [-0.1, -0.05) is 0 Å². The summed E-state index contributed by atoms with van der Waals surface area (Å²) in [6, 6.07) is 0. The summed E-state index contributed by atoms with van der Waals surface area (Å²) in [5.41, 5.74) is 3.76. The quantitative estimate of drug-likeness (QED) is 0.663. The minimum atomic E-state index is -3.89. The van der Waals surface area contributed by atoms with Crippen molar-refractivity contribution in [3.63, 3.8) is 0 Å². The van der Waals surface area contributed by atoms with E-state index in [4.69, 9.17) is 10.8 Å². The third-order valence-electron chi connectivity index (χ3n) is 2.75. The number of aliphatic hydroxyl groups excluding tert-OH is 2. The molecule has 0 amide bonds. The molecule has 1 aromatic rings. The molecule has 2 heterocycles. The number of rotatable bonds is 2. The lowest BCUT2D eigenvalue weighted by atomic mass is 10.1. The first-order valence-corrected chi connectivity index (χ1v) is 5.15. The Bertz CT molecular complexity index is 556. The maximum absolute atomic E-state index is 13.7.